The first-order chi connectivity index (χ1) is 18.7. The van der Waals surface area contributed by atoms with Crippen LogP contribution in [0.2, 0.25) is 0 Å². The number of pyridine rings is 1. The third kappa shape index (κ3) is 7.22. The van der Waals surface area contributed by atoms with E-state index in [0.717, 1.165) is 12.1 Å². The van der Waals surface area contributed by atoms with Crippen molar-refractivity contribution in [2.45, 2.75) is 25.6 Å². The zero-order chi connectivity index (χ0) is 27.8. The highest BCUT2D eigenvalue weighted by molar-refractivity contribution is 6.09. The maximum atomic E-state index is 13.4. The number of halogens is 3. The molecule has 4 rings (SSSR count). The van der Waals surface area contributed by atoms with E-state index in [1.165, 1.54) is 6.07 Å². The molecule has 1 unspecified atom stereocenters. The van der Waals surface area contributed by atoms with Crippen molar-refractivity contribution in [3.63, 3.8) is 0 Å². The molecule has 0 aliphatic heterocycles. The van der Waals surface area contributed by atoms with Crippen molar-refractivity contribution >= 4 is 23.3 Å². The molecule has 0 bridgehead atoms. The molecule has 3 aromatic carbocycles. The SMILES string of the molecule is CCOC(=O)C(Cc1ccccn1)Nc1ccc(NC(=O)c2cc(C(F)(F)F)ccc2-c2ccccc2)cc1. The highest BCUT2D eigenvalue weighted by Gasteiger charge is 2.32. The van der Waals surface area contributed by atoms with E-state index < -0.39 is 29.7 Å². The van der Waals surface area contributed by atoms with Crippen LogP contribution < -0.4 is 10.6 Å². The highest BCUT2D eigenvalue weighted by atomic mass is 19.4. The first-order valence-electron chi connectivity index (χ1n) is 12.3. The van der Waals surface area contributed by atoms with Crippen LogP contribution in [0.4, 0.5) is 24.5 Å². The lowest BCUT2D eigenvalue weighted by atomic mass is 9.96. The molecule has 1 aromatic heterocycles. The average Bonchev–Trinajstić information content (AvgIpc) is 2.94. The van der Waals surface area contributed by atoms with E-state index in [1.807, 2.05) is 12.1 Å². The Hall–Kier alpha value is -4.66. The largest absolute Gasteiger partial charge is 0.464 e. The summed E-state index contributed by atoms with van der Waals surface area (Å²) in [5.41, 5.74) is 1.66. The van der Waals surface area contributed by atoms with Gasteiger partial charge in [0, 0.05) is 35.2 Å². The molecule has 0 aliphatic carbocycles. The van der Waals surface area contributed by atoms with Gasteiger partial charge in [-0.2, -0.15) is 13.2 Å². The lowest BCUT2D eigenvalue weighted by Gasteiger charge is -2.18. The molecule has 39 heavy (non-hydrogen) atoms. The number of hydrogen-bond donors (Lipinski definition) is 2. The Balaban J connectivity index is 1.53. The summed E-state index contributed by atoms with van der Waals surface area (Å²) in [5.74, 6) is -1.11. The minimum atomic E-state index is -4.59. The van der Waals surface area contributed by atoms with Crippen LogP contribution in [-0.4, -0.2) is 29.5 Å². The Morgan fingerprint density at radius 2 is 1.59 bits per heavy atom. The number of carbonyl (C=O) groups excluding carboxylic acids is 2. The number of aromatic nitrogens is 1. The predicted octanol–water partition coefficient (Wildman–Crippen LogP) is 6.61. The molecule has 6 nitrogen and oxygen atoms in total. The lowest BCUT2D eigenvalue weighted by molar-refractivity contribution is -0.144. The van der Waals surface area contributed by atoms with Gasteiger partial charge < -0.3 is 15.4 Å². The number of alkyl halides is 3. The van der Waals surface area contributed by atoms with E-state index in [2.05, 4.69) is 15.6 Å². The Morgan fingerprint density at radius 3 is 2.23 bits per heavy atom. The molecule has 200 valence electrons. The summed E-state index contributed by atoms with van der Waals surface area (Å²) in [4.78, 5) is 29.9. The van der Waals surface area contributed by atoms with E-state index >= 15 is 0 Å². The molecule has 0 spiro atoms. The number of benzene rings is 3. The van der Waals surface area contributed by atoms with Gasteiger partial charge in [0.1, 0.15) is 6.04 Å². The van der Waals surface area contributed by atoms with Gasteiger partial charge in [-0.25, -0.2) is 4.79 Å². The van der Waals surface area contributed by atoms with Crippen LogP contribution in [-0.2, 0) is 22.1 Å². The molecule has 0 aliphatic rings. The molecule has 1 amide bonds. The van der Waals surface area contributed by atoms with E-state index in [0.29, 0.717) is 34.6 Å². The van der Waals surface area contributed by atoms with Crippen molar-refractivity contribution in [1.29, 1.82) is 0 Å². The number of ether oxygens (including phenoxy) is 1. The van der Waals surface area contributed by atoms with Gasteiger partial charge in [0.25, 0.3) is 5.91 Å². The van der Waals surface area contributed by atoms with Crippen molar-refractivity contribution in [2.75, 3.05) is 17.2 Å². The number of hydrogen-bond acceptors (Lipinski definition) is 5. The summed E-state index contributed by atoms with van der Waals surface area (Å²) in [7, 11) is 0. The average molecular weight is 534 g/mol. The van der Waals surface area contributed by atoms with Crippen LogP contribution in [0.1, 0.15) is 28.5 Å². The van der Waals surface area contributed by atoms with Crippen molar-refractivity contribution < 1.29 is 27.5 Å². The van der Waals surface area contributed by atoms with Gasteiger partial charge in [0.15, 0.2) is 0 Å². The highest BCUT2D eigenvalue weighted by Crippen LogP contribution is 2.34. The monoisotopic (exact) mass is 533 g/mol. The van der Waals surface area contributed by atoms with Crippen LogP contribution in [0, 0.1) is 0 Å². The molecule has 0 saturated heterocycles. The Kier molecular flexibility index (Phi) is 8.60. The maximum absolute atomic E-state index is 13.4. The molecule has 2 N–H and O–H groups in total. The molecule has 1 heterocycles. The second-order valence-electron chi connectivity index (χ2n) is 8.63. The minimum Gasteiger partial charge on any atom is -0.464 e. The van der Waals surface area contributed by atoms with Gasteiger partial charge in [0.2, 0.25) is 0 Å². The fraction of sp³-hybridized carbons (Fsp3) is 0.167. The van der Waals surface area contributed by atoms with Crippen molar-refractivity contribution in [3.05, 3.63) is 114 Å². The first-order valence-corrected chi connectivity index (χ1v) is 12.3. The first kappa shape index (κ1) is 27.4. The second kappa shape index (κ2) is 12.3. The van der Waals surface area contributed by atoms with E-state index in [1.54, 1.807) is 73.8 Å². The van der Waals surface area contributed by atoms with Gasteiger partial charge in [-0.3, -0.25) is 9.78 Å². The molecule has 0 saturated carbocycles. The minimum absolute atomic E-state index is 0.101. The van der Waals surface area contributed by atoms with E-state index in [-0.39, 0.29) is 12.2 Å². The van der Waals surface area contributed by atoms with E-state index in [4.69, 9.17) is 4.74 Å². The van der Waals surface area contributed by atoms with Gasteiger partial charge in [0.05, 0.1) is 12.2 Å². The number of carbonyl (C=O) groups is 2. The topological polar surface area (TPSA) is 80.3 Å². The molecular weight excluding hydrogens is 507 g/mol. The summed E-state index contributed by atoms with van der Waals surface area (Å²) in [6.45, 7) is 1.95. The molecule has 1 atom stereocenters. The zero-order valence-corrected chi connectivity index (χ0v) is 21.0. The van der Waals surface area contributed by atoms with Crippen LogP contribution in [0.15, 0.2) is 97.2 Å². The second-order valence-corrected chi connectivity index (χ2v) is 8.63. The van der Waals surface area contributed by atoms with Crippen molar-refractivity contribution in [2.24, 2.45) is 0 Å². The summed E-state index contributed by atoms with van der Waals surface area (Å²) in [6.07, 6.45) is -2.65. The lowest BCUT2D eigenvalue weighted by Crippen LogP contribution is -2.33. The third-order valence-electron chi connectivity index (χ3n) is 5.87. The summed E-state index contributed by atoms with van der Waals surface area (Å²) in [6, 6.07) is 23.1. The summed E-state index contributed by atoms with van der Waals surface area (Å²) in [5, 5.41) is 5.80. The molecular formula is C30H26F3N3O3. The predicted molar refractivity (Wildman–Crippen MR) is 143 cm³/mol. The van der Waals surface area contributed by atoms with Gasteiger partial charge in [-0.05, 0) is 66.6 Å². The van der Waals surface area contributed by atoms with Crippen LogP contribution in [0.25, 0.3) is 11.1 Å². The molecule has 4 aromatic rings. The number of anilines is 2. The number of amides is 1. The fourth-order valence-electron chi connectivity index (χ4n) is 3.99. The number of rotatable bonds is 9. The Bertz CT molecular complexity index is 1410. The molecule has 0 radical (unpaired) electrons. The number of nitrogens with one attached hydrogen (secondary N) is 2. The summed E-state index contributed by atoms with van der Waals surface area (Å²) < 4.78 is 45.4. The Morgan fingerprint density at radius 1 is 0.897 bits per heavy atom. The third-order valence-corrected chi connectivity index (χ3v) is 5.87. The van der Waals surface area contributed by atoms with Gasteiger partial charge in [-0.15, -0.1) is 0 Å². The smallest absolute Gasteiger partial charge is 0.416 e. The van der Waals surface area contributed by atoms with Crippen molar-refractivity contribution in [1.82, 2.24) is 4.98 Å². The van der Waals surface area contributed by atoms with Crippen LogP contribution >= 0.6 is 0 Å². The quantitative estimate of drug-likeness (QED) is 0.237. The zero-order valence-electron chi connectivity index (χ0n) is 21.0. The number of esters is 1. The van der Waals surface area contributed by atoms with Crippen LogP contribution in [0.5, 0.6) is 0 Å². The van der Waals surface area contributed by atoms with Gasteiger partial charge >= 0.3 is 12.1 Å². The maximum Gasteiger partial charge on any atom is 0.416 e. The Labute approximate surface area is 223 Å². The van der Waals surface area contributed by atoms with Gasteiger partial charge in [-0.1, -0.05) is 42.5 Å². The standard InChI is InChI=1S/C30H26F3N3O3/c1-2-39-29(38)27(19-24-10-6-7-17-34-24)35-22-12-14-23(15-13-22)36-28(37)26-18-21(30(31,32)33)11-16-25(26)20-8-4-3-5-9-20/h3-18,27,35H,2,19H2,1H3,(H,36,37). The summed E-state index contributed by atoms with van der Waals surface area (Å²) >= 11 is 0. The fourth-order valence-corrected chi connectivity index (χ4v) is 3.99. The molecule has 9 heteroatoms. The van der Waals surface area contributed by atoms with Crippen molar-refractivity contribution in [3.8, 4) is 11.1 Å². The molecule has 0 fully saturated rings. The number of nitrogens with zero attached hydrogens (tertiary/aromatic N) is 1. The normalized spacial score (nSPS) is 11.9. The van der Waals surface area contributed by atoms with Crippen LogP contribution in [0.3, 0.4) is 0 Å². The van der Waals surface area contributed by atoms with E-state index in [9.17, 15) is 22.8 Å².